The van der Waals surface area contributed by atoms with Crippen LogP contribution in [0.2, 0.25) is 0 Å². The van der Waals surface area contributed by atoms with Gasteiger partial charge in [-0.25, -0.2) is 23.1 Å². The van der Waals surface area contributed by atoms with Gasteiger partial charge in [0.05, 0.1) is 18.1 Å². The Morgan fingerprint density at radius 1 is 1.26 bits per heavy atom. The van der Waals surface area contributed by atoms with Gasteiger partial charge in [-0.3, -0.25) is 4.72 Å². The Balaban J connectivity index is 2.12. The molecule has 0 radical (unpaired) electrons. The van der Waals surface area contributed by atoms with Gasteiger partial charge in [-0.1, -0.05) is 30.3 Å². The molecule has 1 aromatic carbocycles. The number of aromatic nitrogens is 4. The normalized spacial score (nSPS) is 11.8. The molecule has 0 unspecified atom stereocenters. The first-order chi connectivity index (χ1) is 9.04. The summed E-state index contributed by atoms with van der Waals surface area (Å²) in [5.41, 5.74) is 2.21. The lowest BCUT2D eigenvalue weighted by Crippen LogP contribution is -2.10. The Bertz CT molecular complexity index is 819. The third-order valence-electron chi connectivity index (χ3n) is 2.59. The van der Waals surface area contributed by atoms with E-state index in [9.17, 15) is 8.42 Å². The van der Waals surface area contributed by atoms with E-state index in [4.69, 9.17) is 0 Å². The maximum atomic E-state index is 11.2. The van der Waals surface area contributed by atoms with E-state index < -0.39 is 10.0 Å². The molecule has 0 aliphatic rings. The first-order valence-corrected chi connectivity index (χ1v) is 7.39. The molecular weight excluding hydrogens is 266 g/mol. The predicted octanol–water partition coefficient (Wildman–Crippen LogP) is 1.10. The fourth-order valence-corrected chi connectivity index (χ4v) is 2.31. The van der Waals surface area contributed by atoms with Crippen molar-refractivity contribution >= 4 is 21.5 Å². The van der Waals surface area contributed by atoms with Crippen LogP contribution in [0.5, 0.6) is 0 Å². The molecule has 3 aromatic rings. The standard InChI is InChI=1S/C11H11N5O2S/c1-19(17,18)14-10-11-12-7-9(16(11)15-13-10)8-5-3-2-4-6-8/h2-7,15H,1H3,(H,13,14). The van der Waals surface area contributed by atoms with E-state index in [0.29, 0.717) is 5.65 Å². The highest BCUT2D eigenvalue weighted by Crippen LogP contribution is 2.22. The minimum Gasteiger partial charge on any atom is -0.263 e. The molecule has 0 bridgehead atoms. The van der Waals surface area contributed by atoms with Crippen molar-refractivity contribution in [3.63, 3.8) is 0 Å². The number of H-pyrrole nitrogens is 1. The summed E-state index contributed by atoms with van der Waals surface area (Å²) < 4.78 is 26.4. The third-order valence-corrected chi connectivity index (χ3v) is 3.15. The van der Waals surface area contributed by atoms with Crippen LogP contribution >= 0.6 is 0 Å². The van der Waals surface area contributed by atoms with E-state index >= 15 is 0 Å². The molecule has 19 heavy (non-hydrogen) atoms. The van der Waals surface area contributed by atoms with Crippen LogP contribution < -0.4 is 4.72 Å². The number of benzene rings is 1. The van der Waals surface area contributed by atoms with Gasteiger partial charge in [0.2, 0.25) is 15.8 Å². The number of rotatable bonds is 3. The second kappa shape index (κ2) is 4.09. The Morgan fingerprint density at radius 3 is 2.68 bits per heavy atom. The van der Waals surface area contributed by atoms with Gasteiger partial charge in [0, 0.05) is 5.56 Å². The number of hydrogen-bond acceptors (Lipinski definition) is 4. The van der Waals surface area contributed by atoms with Gasteiger partial charge in [0.1, 0.15) is 0 Å². The Labute approximate surface area is 109 Å². The van der Waals surface area contributed by atoms with Crippen LogP contribution in [-0.2, 0) is 10.0 Å². The van der Waals surface area contributed by atoms with E-state index in [-0.39, 0.29) is 5.82 Å². The van der Waals surface area contributed by atoms with E-state index in [0.717, 1.165) is 17.5 Å². The van der Waals surface area contributed by atoms with E-state index in [2.05, 4.69) is 20.0 Å². The molecule has 0 aliphatic heterocycles. The van der Waals surface area contributed by atoms with Crippen molar-refractivity contribution in [1.29, 1.82) is 0 Å². The summed E-state index contributed by atoms with van der Waals surface area (Å²) in [5, 5.41) is 6.65. The van der Waals surface area contributed by atoms with Crippen molar-refractivity contribution in [1.82, 2.24) is 19.8 Å². The summed E-state index contributed by atoms with van der Waals surface area (Å²) in [6.45, 7) is 0. The summed E-state index contributed by atoms with van der Waals surface area (Å²) in [7, 11) is -3.38. The van der Waals surface area contributed by atoms with Crippen LogP contribution in [0.1, 0.15) is 0 Å². The van der Waals surface area contributed by atoms with Crippen LogP contribution in [0, 0.1) is 0 Å². The van der Waals surface area contributed by atoms with Crippen LogP contribution in [0.25, 0.3) is 16.9 Å². The zero-order chi connectivity index (χ0) is 13.5. The number of hydrogen-bond donors (Lipinski definition) is 2. The van der Waals surface area contributed by atoms with Gasteiger partial charge >= 0.3 is 0 Å². The molecule has 2 N–H and O–H groups in total. The number of nitrogens with zero attached hydrogens (tertiary/aromatic N) is 3. The summed E-state index contributed by atoms with van der Waals surface area (Å²) in [6.07, 6.45) is 2.73. The van der Waals surface area contributed by atoms with E-state index in [1.165, 1.54) is 0 Å². The zero-order valence-corrected chi connectivity index (χ0v) is 10.8. The molecule has 2 aromatic heterocycles. The highest BCUT2D eigenvalue weighted by atomic mass is 32.2. The number of aromatic amines is 1. The van der Waals surface area contributed by atoms with Crippen molar-refractivity contribution in [3.8, 4) is 11.3 Å². The van der Waals surface area contributed by atoms with Gasteiger partial charge < -0.3 is 0 Å². The van der Waals surface area contributed by atoms with Crippen LogP contribution in [-0.4, -0.2) is 34.5 Å². The molecule has 0 atom stereocenters. The summed E-state index contributed by atoms with van der Waals surface area (Å²) in [5.74, 6) is 0.185. The Hall–Kier alpha value is -2.35. The molecule has 0 amide bonds. The first-order valence-electron chi connectivity index (χ1n) is 5.49. The topological polar surface area (TPSA) is 92.1 Å². The molecule has 0 aliphatic carbocycles. The van der Waals surface area contributed by atoms with Gasteiger partial charge in [-0.15, -0.1) is 5.10 Å². The SMILES string of the molecule is CS(=O)(=O)Nc1n[nH]n2c(-c3ccccc3)cnc12. The molecule has 0 spiro atoms. The van der Waals surface area contributed by atoms with Crippen molar-refractivity contribution < 1.29 is 8.42 Å². The lowest BCUT2D eigenvalue weighted by Gasteiger charge is -1.97. The quantitative estimate of drug-likeness (QED) is 0.749. The Kier molecular flexibility index (Phi) is 2.53. The highest BCUT2D eigenvalue weighted by molar-refractivity contribution is 7.92. The fraction of sp³-hybridized carbons (Fsp3) is 0.0909. The minimum absolute atomic E-state index is 0.185. The average molecular weight is 277 g/mol. The molecule has 7 nitrogen and oxygen atoms in total. The van der Waals surface area contributed by atoms with Crippen molar-refractivity contribution in [2.24, 2.45) is 0 Å². The van der Waals surface area contributed by atoms with E-state index in [1.54, 1.807) is 10.7 Å². The monoisotopic (exact) mass is 277 g/mol. The molecule has 3 rings (SSSR count). The summed E-state index contributed by atoms with van der Waals surface area (Å²) in [6, 6.07) is 9.63. The fourth-order valence-electron chi connectivity index (χ4n) is 1.83. The smallest absolute Gasteiger partial charge is 0.231 e. The van der Waals surface area contributed by atoms with E-state index in [1.807, 2.05) is 30.3 Å². The average Bonchev–Trinajstić information content (AvgIpc) is 2.92. The molecule has 98 valence electrons. The predicted molar refractivity (Wildman–Crippen MR) is 71.2 cm³/mol. The number of nitrogens with one attached hydrogen (secondary N) is 2. The van der Waals surface area contributed by atoms with Gasteiger partial charge in [-0.05, 0) is 0 Å². The van der Waals surface area contributed by atoms with Gasteiger partial charge in [0.25, 0.3) is 0 Å². The van der Waals surface area contributed by atoms with Gasteiger partial charge in [0.15, 0.2) is 5.65 Å². The van der Waals surface area contributed by atoms with Crippen molar-refractivity contribution in [2.75, 3.05) is 11.0 Å². The summed E-state index contributed by atoms with van der Waals surface area (Å²) in [4.78, 5) is 4.18. The van der Waals surface area contributed by atoms with Crippen molar-refractivity contribution in [2.45, 2.75) is 0 Å². The van der Waals surface area contributed by atoms with Crippen molar-refractivity contribution in [3.05, 3.63) is 36.5 Å². The zero-order valence-electron chi connectivity index (χ0n) is 10.0. The Morgan fingerprint density at radius 2 is 2.00 bits per heavy atom. The number of anilines is 1. The maximum Gasteiger partial charge on any atom is 0.231 e. The van der Waals surface area contributed by atoms with Gasteiger partial charge in [-0.2, -0.15) is 0 Å². The molecule has 0 fully saturated rings. The highest BCUT2D eigenvalue weighted by Gasteiger charge is 2.14. The number of fused-ring (bicyclic) bond motifs is 1. The van der Waals surface area contributed by atoms with Crippen LogP contribution in [0.15, 0.2) is 36.5 Å². The second-order valence-corrected chi connectivity index (χ2v) is 5.85. The summed E-state index contributed by atoms with van der Waals surface area (Å²) >= 11 is 0. The lowest BCUT2D eigenvalue weighted by atomic mass is 10.2. The molecule has 0 saturated heterocycles. The molecule has 2 heterocycles. The molecular formula is C11H11N5O2S. The number of sulfonamides is 1. The van der Waals surface area contributed by atoms with Crippen LogP contribution in [0.3, 0.4) is 0 Å². The maximum absolute atomic E-state index is 11.2. The second-order valence-electron chi connectivity index (χ2n) is 4.10. The lowest BCUT2D eigenvalue weighted by molar-refractivity contribution is 0.606. The molecule has 8 heteroatoms. The largest absolute Gasteiger partial charge is 0.263 e. The molecule has 0 saturated carbocycles. The number of imidazole rings is 1. The van der Waals surface area contributed by atoms with Crippen LogP contribution in [0.4, 0.5) is 5.82 Å². The first kappa shape index (κ1) is 11.7. The minimum atomic E-state index is -3.38. The third kappa shape index (κ3) is 2.17.